The second-order valence-electron chi connectivity index (χ2n) is 3.24. The van der Waals surface area contributed by atoms with Crippen LogP contribution >= 0.6 is 11.6 Å². The molecule has 1 aliphatic rings. The molecule has 0 aromatic heterocycles. The smallest absolute Gasteiger partial charge is 0.270 e. The van der Waals surface area contributed by atoms with Crippen molar-refractivity contribution in [2.24, 2.45) is 4.99 Å². The zero-order valence-corrected chi connectivity index (χ0v) is 8.90. The van der Waals surface area contributed by atoms with E-state index in [1.54, 1.807) is 25.1 Å². The lowest BCUT2D eigenvalue weighted by Gasteiger charge is -2.27. The van der Waals surface area contributed by atoms with Crippen molar-refractivity contribution in [2.45, 2.75) is 13.0 Å². The summed E-state index contributed by atoms with van der Waals surface area (Å²) in [5, 5.41) is 2.03. The van der Waals surface area contributed by atoms with E-state index >= 15 is 0 Å². The van der Waals surface area contributed by atoms with Crippen LogP contribution in [0.3, 0.4) is 0 Å². The zero-order chi connectivity index (χ0) is 10.8. The Morgan fingerprint density at radius 1 is 1.53 bits per heavy atom. The summed E-state index contributed by atoms with van der Waals surface area (Å²) in [7, 11) is 0. The van der Waals surface area contributed by atoms with Crippen molar-refractivity contribution in [1.82, 2.24) is 5.43 Å². The van der Waals surface area contributed by atoms with Gasteiger partial charge in [0.1, 0.15) is 12.4 Å². The molecule has 5 heteroatoms. The molecule has 0 aliphatic carbocycles. The third-order valence-corrected chi connectivity index (χ3v) is 2.36. The first-order chi connectivity index (χ1) is 7.18. The van der Waals surface area contributed by atoms with E-state index in [9.17, 15) is 4.79 Å². The normalized spacial score (nSPS) is 20.3. The van der Waals surface area contributed by atoms with Gasteiger partial charge in [-0.15, -0.1) is 0 Å². The zero-order valence-electron chi connectivity index (χ0n) is 8.14. The Hall–Kier alpha value is -1.55. The number of anilines is 1. The first kappa shape index (κ1) is 9.98. The van der Waals surface area contributed by atoms with Gasteiger partial charge < -0.3 is 0 Å². The molecule has 2 rings (SSSR count). The standard InChI is InChI=1S/C10H10ClN3O/c1-7-10(15)14(13-6-12-7)9-4-2-3-8(11)5-9/h2-7H,1H3,(H,12,13). The minimum absolute atomic E-state index is 0.0974. The van der Waals surface area contributed by atoms with Crippen LogP contribution in [-0.2, 0) is 4.79 Å². The molecule has 0 fully saturated rings. The molecule has 0 spiro atoms. The number of rotatable bonds is 1. The predicted molar refractivity (Wildman–Crippen MR) is 60.0 cm³/mol. The molecule has 0 saturated carbocycles. The highest BCUT2D eigenvalue weighted by atomic mass is 35.5. The predicted octanol–water partition coefficient (Wildman–Crippen LogP) is 1.61. The minimum Gasteiger partial charge on any atom is -0.281 e. The summed E-state index contributed by atoms with van der Waals surface area (Å²) < 4.78 is 0. The average Bonchev–Trinajstić information content (AvgIpc) is 2.22. The quantitative estimate of drug-likeness (QED) is 0.786. The lowest BCUT2D eigenvalue weighted by Crippen LogP contribution is -2.50. The van der Waals surface area contributed by atoms with Crippen molar-refractivity contribution < 1.29 is 4.79 Å². The number of amides is 1. The molecule has 1 unspecified atom stereocenters. The maximum Gasteiger partial charge on any atom is 0.270 e. The summed E-state index contributed by atoms with van der Waals surface area (Å²) in [4.78, 5) is 15.7. The van der Waals surface area contributed by atoms with E-state index in [2.05, 4.69) is 10.4 Å². The van der Waals surface area contributed by atoms with Crippen molar-refractivity contribution in [3.8, 4) is 0 Å². The molecule has 1 atom stereocenters. The summed E-state index contributed by atoms with van der Waals surface area (Å²) >= 11 is 5.85. The Labute approximate surface area is 92.5 Å². The Morgan fingerprint density at radius 3 is 3.07 bits per heavy atom. The van der Waals surface area contributed by atoms with Crippen LogP contribution in [0.4, 0.5) is 5.69 Å². The third kappa shape index (κ3) is 1.94. The molecule has 0 bridgehead atoms. The summed E-state index contributed by atoms with van der Waals surface area (Å²) in [6, 6.07) is 6.73. The maximum atomic E-state index is 11.7. The van der Waals surface area contributed by atoms with Gasteiger partial charge in [-0.2, -0.15) is 0 Å². The van der Waals surface area contributed by atoms with Crippen molar-refractivity contribution >= 4 is 29.5 Å². The summed E-state index contributed by atoms with van der Waals surface area (Å²) in [6.07, 6.45) is 1.51. The van der Waals surface area contributed by atoms with E-state index in [0.717, 1.165) is 0 Å². The summed E-state index contributed by atoms with van der Waals surface area (Å²) in [5.41, 5.74) is 3.49. The van der Waals surface area contributed by atoms with Gasteiger partial charge in [0.2, 0.25) is 0 Å². The molecule has 78 valence electrons. The number of carbonyl (C=O) groups excluding carboxylic acids is 1. The molecule has 0 saturated heterocycles. The van der Waals surface area contributed by atoms with Gasteiger partial charge >= 0.3 is 0 Å². The number of hydrogen-bond donors (Lipinski definition) is 1. The average molecular weight is 224 g/mol. The Morgan fingerprint density at radius 2 is 2.33 bits per heavy atom. The Balaban J connectivity index is 2.32. The third-order valence-electron chi connectivity index (χ3n) is 2.13. The topological polar surface area (TPSA) is 44.7 Å². The molecule has 0 radical (unpaired) electrons. The van der Waals surface area contributed by atoms with Gasteiger partial charge in [-0.1, -0.05) is 17.7 Å². The summed E-state index contributed by atoms with van der Waals surface area (Å²) in [6.45, 7) is 1.75. The molecule has 1 aromatic carbocycles. The number of nitrogens with one attached hydrogen (secondary N) is 1. The van der Waals surface area contributed by atoms with Gasteiger partial charge in [0.15, 0.2) is 0 Å². The molecule has 15 heavy (non-hydrogen) atoms. The first-order valence-electron chi connectivity index (χ1n) is 4.56. The highest BCUT2D eigenvalue weighted by Crippen LogP contribution is 2.19. The number of halogens is 1. The van der Waals surface area contributed by atoms with Crippen molar-refractivity contribution in [2.75, 3.05) is 5.01 Å². The first-order valence-corrected chi connectivity index (χ1v) is 4.93. The van der Waals surface area contributed by atoms with Crippen LogP contribution in [0, 0.1) is 0 Å². The molecule has 4 nitrogen and oxygen atoms in total. The van der Waals surface area contributed by atoms with Crippen LogP contribution in [-0.4, -0.2) is 18.3 Å². The lowest BCUT2D eigenvalue weighted by molar-refractivity contribution is -0.120. The van der Waals surface area contributed by atoms with Gasteiger partial charge in [-0.3, -0.25) is 15.2 Å². The van der Waals surface area contributed by atoms with E-state index in [1.807, 2.05) is 6.07 Å². The molecule has 1 aliphatic heterocycles. The highest BCUT2D eigenvalue weighted by Gasteiger charge is 2.23. The number of carbonyl (C=O) groups is 1. The Kier molecular flexibility index (Phi) is 2.60. The molecular formula is C10H10ClN3O. The highest BCUT2D eigenvalue weighted by molar-refractivity contribution is 6.30. The second-order valence-corrected chi connectivity index (χ2v) is 3.67. The number of hydrazine groups is 1. The van der Waals surface area contributed by atoms with Gasteiger partial charge in [0, 0.05) is 5.02 Å². The maximum absolute atomic E-state index is 11.7. The number of hydrogen-bond acceptors (Lipinski definition) is 3. The molecular weight excluding hydrogens is 214 g/mol. The van der Waals surface area contributed by atoms with Gasteiger partial charge in [0.25, 0.3) is 5.91 Å². The van der Waals surface area contributed by atoms with Gasteiger partial charge in [0.05, 0.1) is 5.69 Å². The van der Waals surface area contributed by atoms with E-state index in [1.165, 1.54) is 11.3 Å². The fourth-order valence-corrected chi connectivity index (χ4v) is 1.52. The fraction of sp³-hybridized carbons (Fsp3) is 0.200. The van der Waals surface area contributed by atoms with Gasteiger partial charge in [-0.05, 0) is 25.1 Å². The molecule has 1 amide bonds. The van der Waals surface area contributed by atoms with E-state index in [-0.39, 0.29) is 11.9 Å². The van der Waals surface area contributed by atoms with E-state index < -0.39 is 0 Å². The SMILES string of the molecule is CC1N=CNN(c2cccc(Cl)c2)C1=O. The summed E-state index contributed by atoms with van der Waals surface area (Å²) in [5.74, 6) is -0.0974. The number of nitrogens with zero attached hydrogens (tertiary/aromatic N) is 2. The van der Waals surface area contributed by atoms with Crippen LogP contribution in [0.2, 0.25) is 5.02 Å². The second kappa shape index (κ2) is 3.90. The monoisotopic (exact) mass is 223 g/mol. The molecule has 1 N–H and O–H groups in total. The van der Waals surface area contributed by atoms with E-state index in [4.69, 9.17) is 11.6 Å². The fourth-order valence-electron chi connectivity index (χ4n) is 1.33. The number of aliphatic imine (C=N–C) groups is 1. The van der Waals surface area contributed by atoms with Crippen molar-refractivity contribution in [3.63, 3.8) is 0 Å². The van der Waals surface area contributed by atoms with Gasteiger partial charge in [-0.25, -0.2) is 5.01 Å². The van der Waals surface area contributed by atoms with Crippen LogP contribution in [0.15, 0.2) is 29.3 Å². The number of benzene rings is 1. The van der Waals surface area contributed by atoms with Crippen molar-refractivity contribution in [1.29, 1.82) is 0 Å². The van der Waals surface area contributed by atoms with Crippen LogP contribution in [0.5, 0.6) is 0 Å². The van der Waals surface area contributed by atoms with Crippen LogP contribution in [0.1, 0.15) is 6.92 Å². The van der Waals surface area contributed by atoms with Crippen LogP contribution < -0.4 is 10.4 Å². The van der Waals surface area contributed by atoms with Crippen LogP contribution in [0.25, 0.3) is 0 Å². The molecule has 1 heterocycles. The van der Waals surface area contributed by atoms with Crippen molar-refractivity contribution in [3.05, 3.63) is 29.3 Å². The minimum atomic E-state index is -0.356. The Bertz CT molecular complexity index is 419. The largest absolute Gasteiger partial charge is 0.281 e. The lowest BCUT2D eigenvalue weighted by atomic mass is 10.2. The van der Waals surface area contributed by atoms with E-state index in [0.29, 0.717) is 10.7 Å². The molecule has 1 aromatic rings.